The molecule has 0 radical (unpaired) electrons. The number of amides is 1. The summed E-state index contributed by atoms with van der Waals surface area (Å²) in [5.41, 5.74) is 7.92. The minimum Gasteiger partial charge on any atom is -0.368 e. The van der Waals surface area contributed by atoms with Gasteiger partial charge in [0.15, 0.2) is 5.15 Å². The highest BCUT2D eigenvalue weighted by atomic mass is 35.5. The van der Waals surface area contributed by atoms with Crippen LogP contribution in [-0.4, -0.2) is 16.9 Å². The van der Waals surface area contributed by atoms with Crippen molar-refractivity contribution in [2.75, 3.05) is 4.90 Å². The molecule has 1 aromatic carbocycles. The van der Waals surface area contributed by atoms with Crippen molar-refractivity contribution in [3.8, 4) is 0 Å². The first-order valence-electron chi connectivity index (χ1n) is 6.37. The van der Waals surface area contributed by atoms with Gasteiger partial charge in [-0.3, -0.25) is 4.79 Å². The minimum absolute atomic E-state index is 0.220. The lowest BCUT2D eigenvalue weighted by Gasteiger charge is -2.30. The molecule has 2 aromatic rings. The standard InChI is InChI=1S/C15H15Cl2N3O/c1-9-4-3-5-11(8-9)20(10(2)15(18)21)12-6-7-13(16)19-14(12)17/h3-8,10H,1-2H3,(H2,18,21)/t10-/m1/s1. The third-order valence-corrected chi connectivity index (χ3v) is 3.62. The number of hydrogen-bond acceptors (Lipinski definition) is 3. The molecule has 0 aliphatic rings. The SMILES string of the molecule is Cc1cccc(N(c2ccc(Cl)nc2Cl)[C@H](C)C(N)=O)c1. The quantitative estimate of drug-likeness (QED) is 0.872. The van der Waals surface area contributed by atoms with Crippen molar-refractivity contribution in [1.29, 1.82) is 0 Å². The second-order valence-corrected chi connectivity index (χ2v) is 5.48. The summed E-state index contributed by atoms with van der Waals surface area (Å²) in [6.07, 6.45) is 0. The molecule has 0 unspecified atom stereocenters. The third kappa shape index (κ3) is 3.46. The smallest absolute Gasteiger partial charge is 0.240 e. The van der Waals surface area contributed by atoms with E-state index in [1.165, 1.54) is 0 Å². The molecule has 1 amide bonds. The van der Waals surface area contributed by atoms with Crippen molar-refractivity contribution in [2.24, 2.45) is 5.73 Å². The molecular weight excluding hydrogens is 309 g/mol. The number of aryl methyl sites for hydroxylation is 1. The summed E-state index contributed by atoms with van der Waals surface area (Å²) in [4.78, 5) is 17.4. The average molecular weight is 324 g/mol. The van der Waals surface area contributed by atoms with E-state index in [0.717, 1.165) is 11.3 Å². The Balaban J connectivity index is 2.58. The zero-order chi connectivity index (χ0) is 15.6. The normalized spacial score (nSPS) is 12.0. The van der Waals surface area contributed by atoms with Gasteiger partial charge in [0, 0.05) is 5.69 Å². The van der Waals surface area contributed by atoms with E-state index in [2.05, 4.69) is 4.98 Å². The number of aromatic nitrogens is 1. The fraction of sp³-hybridized carbons (Fsp3) is 0.200. The number of pyridine rings is 1. The fourth-order valence-corrected chi connectivity index (χ4v) is 2.50. The second-order valence-electron chi connectivity index (χ2n) is 4.73. The molecule has 0 fully saturated rings. The van der Waals surface area contributed by atoms with Crippen LogP contribution in [0.3, 0.4) is 0 Å². The first kappa shape index (κ1) is 15.6. The number of halogens is 2. The van der Waals surface area contributed by atoms with Gasteiger partial charge in [0.25, 0.3) is 0 Å². The van der Waals surface area contributed by atoms with Crippen molar-refractivity contribution >= 4 is 40.5 Å². The second kappa shape index (κ2) is 6.33. The van der Waals surface area contributed by atoms with Crippen molar-refractivity contribution in [3.05, 3.63) is 52.3 Å². The number of carbonyl (C=O) groups is 1. The van der Waals surface area contributed by atoms with Crippen LogP contribution in [0.5, 0.6) is 0 Å². The molecule has 0 saturated carbocycles. The van der Waals surface area contributed by atoms with Gasteiger partial charge in [-0.2, -0.15) is 0 Å². The van der Waals surface area contributed by atoms with Crippen molar-refractivity contribution in [3.63, 3.8) is 0 Å². The molecule has 0 saturated heterocycles. The summed E-state index contributed by atoms with van der Waals surface area (Å²) < 4.78 is 0. The Morgan fingerprint density at radius 3 is 2.57 bits per heavy atom. The predicted molar refractivity (Wildman–Crippen MR) is 86.2 cm³/mol. The Morgan fingerprint density at radius 1 is 1.29 bits per heavy atom. The van der Waals surface area contributed by atoms with Gasteiger partial charge in [-0.25, -0.2) is 4.98 Å². The molecule has 1 heterocycles. The number of nitrogens with zero attached hydrogens (tertiary/aromatic N) is 2. The van der Waals surface area contributed by atoms with Gasteiger partial charge in [0.2, 0.25) is 5.91 Å². The largest absolute Gasteiger partial charge is 0.368 e. The van der Waals surface area contributed by atoms with Crippen LogP contribution < -0.4 is 10.6 Å². The Hall–Kier alpha value is -1.78. The molecule has 2 rings (SSSR count). The average Bonchev–Trinajstić information content (AvgIpc) is 2.41. The van der Waals surface area contributed by atoms with E-state index in [9.17, 15) is 4.79 Å². The number of primary amides is 1. The molecule has 0 aliphatic heterocycles. The Labute approximate surface area is 133 Å². The summed E-state index contributed by atoms with van der Waals surface area (Å²) in [5, 5.41) is 0.511. The molecule has 1 aromatic heterocycles. The molecule has 21 heavy (non-hydrogen) atoms. The minimum atomic E-state index is -0.577. The lowest BCUT2D eigenvalue weighted by molar-refractivity contribution is -0.118. The van der Waals surface area contributed by atoms with Crippen LogP contribution >= 0.6 is 23.2 Å². The van der Waals surface area contributed by atoms with E-state index in [0.29, 0.717) is 10.8 Å². The van der Waals surface area contributed by atoms with Gasteiger partial charge < -0.3 is 10.6 Å². The topological polar surface area (TPSA) is 59.2 Å². The maximum absolute atomic E-state index is 11.6. The lowest BCUT2D eigenvalue weighted by atomic mass is 10.1. The van der Waals surface area contributed by atoms with E-state index in [1.807, 2.05) is 31.2 Å². The number of nitrogens with two attached hydrogens (primary N) is 1. The molecule has 1 atom stereocenters. The van der Waals surface area contributed by atoms with Crippen LogP contribution in [0.15, 0.2) is 36.4 Å². The van der Waals surface area contributed by atoms with Gasteiger partial charge in [-0.1, -0.05) is 35.3 Å². The van der Waals surface area contributed by atoms with Crippen LogP contribution in [0.25, 0.3) is 0 Å². The fourth-order valence-electron chi connectivity index (χ4n) is 2.06. The number of hydrogen-bond donors (Lipinski definition) is 1. The maximum atomic E-state index is 11.6. The Morgan fingerprint density at radius 2 is 2.00 bits per heavy atom. The Bertz CT molecular complexity index is 676. The predicted octanol–water partition coefficient (Wildman–Crippen LogP) is 3.71. The lowest BCUT2D eigenvalue weighted by Crippen LogP contribution is -2.40. The van der Waals surface area contributed by atoms with Crippen LogP contribution in [0.2, 0.25) is 10.3 Å². The first-order valence-corrected chi connectivity index (χ1v) is 7.13. The highest BCUT2D eigenvalue weighted by Gasteiger charge is 2.24. The number of benzene rings is 1. The maximum Gasteiger partial charge on any atom is 0.240 e. The molecule has 4 nitrogen and oxygen atoms in total. The molecular formula is C15H15Cl2N3O. The van der Waals surface area contributed by atoms with Crippen molar-refractivity contribution in [1.82, 2.24) is 4.98 Å². The highest BCUT2D eigenvalue weighted by molar-refractivity contribution is 6.34. The van der Waals surface area contributed by atoms with Gasteiger partial charge in [-0.15, -0.1) is 0 Å². The van der Waals surface area contributed by atoms with E-state index >= 15 is 0 Å². The number of rotatable bonds is 4. The van der Waals surface area contributed by atoms with E-state index < -0.39 is 11.9 Å². The van der Waals surface area contributed by atoms with Crippen molar-refractivity contribution < 1.29 is 4.79 Å². The summed E-state index contributed by atoms with van der Waals surface area (Å²) in [5.74, 6) is -0.456. The third-order valence-electron chi connectivity index (χ3n) is 3.13. The molecule has 0 bridgehead atoms. The summed E-state index contributed by atoms with van der Waals surface area (Å²) in [6, 6.07) is 10.5. The van der Waals surface area contributed by atoms with E-state index in [1.54, 1.807) is 24.0 Å². The van der Waals surface area contributed by atoms with Crippen molar-refractivity contribution in [2.45, 2.75) is 19.9 Å². The summed E-state index contributed by atoms with van der Waals surface area (Å²) in [7, 11) is 0. The molecule has 0 spiro atoms. The number of anilines is 2. The zero-order valence-electron chi connectivity index (χ0n) is 11.7. The highest BCUT2D eigenvalue weighted by Crippen LogP contribution is 2.33. The van der Waals surface area contributed by atoms with Crippen LogP contribution in [0.1, 0.15) is 12.5 Å². The van der Waals surface area contributed by atoms with Crippen LogP contribution in [-0.2, 0) is 4.79 Å². The summed E-state index contributed by atoms with van der Waals surface area (Å²) in [6.45, 7) is 3.69. The van der Waals surface area contributed by atoms with Gasteiger partial charge >= 0.3 is 0 Å². The van der Waals surface area contributed by atoms with Crippen LogP contribution in [0.4, 0.5) is 11.4 Å². The molecule has 0 aliphatic carbocycles. The van der Waals surface area contributed by atoms with Gasteiger partial charge in [0.05, 0.1) is 5.69 Å². The Kier molecular flexibility index (Phi) is 4.70. The number of carbonyl (C=O) groups excluding carboxylic acids is 1. The molecule has 6 heteroatoms. The van der Waals surface area contributed by atoms with Gasteiger partial charge in [0.1, 0.15) is 11.2 Å². The van der Waals surface area contributed by atoms with E-state index in [-0.39, 0.29) is 5.15 Å². The van der Waals surface area contributed by atoms with Crippen LogP contribution in [0, 0.1) is 6.92 Å². The molecule has 2 N–H and O–H groups in total. The van der Waals surface area contributed by atoms with Gasteiger partial charge in [-0.05, 0) is 43.7 Å². The molecule has 110 valence electrons. The monoisotopic (exact) mass is 323 g/mol. The zero-order valence-corrected chi connectivity index (χ0v) is 13.2. The first-order chi connectivity index (χ1) is 9.90. The van der Waals surface area contributed by atoms with E-state index in [4.69, 9.17) is 28.9 Å². The summed E-state index contributed by atoms with van der Waals surface area (Å²) >= 11 is 12.0.